The van der Waals surface area contributed by atoms with E-state index < -0.39 is 0 Å². The molecular weight excluding hydrogens is 479 g/mol. The molecule has 3 rings (SSSR count). The summed E-state index contributed by atoms with van der Waals surface area (Å²) < 4.78 is 11.3. The zero-order chi connectivity index (χ0) is 19.8. The van der Waals surface area contributed by atoms with Crippen molar-refractivity contribution in [2.45, 2.75) is 52.2 Å². The number of aromatic amines is 1. The SMILES string of the molecule is CCNC(=NCCc1c[nH]c2c(CC)cccc12)NC(C)COC1CCOC1.I. The molecule has 1 fully saturated rings. The van der Waals surface area contributed by atoms with Crippen LogP contribution in [0, 0.1) is 0 Å². The van der Waals surface area contributed by atoms with E-state index >= 15 is 0 Å². The molecule has 1 saturated heterocycles. The number of fused-ring (bicyclic) bond motifs is 1. The maximum absolute atomic E-state index is 5.90. The Morgan fingerprint density at radius 1 is 1.34 bits per heavy atom. The van der Waals surface area contributed by atoms with Gasteiger partial charge in [-0.3, -0.25) is 4.99 Å². The van der Waals surface area contributed by atoms with Crippen LogP contribution in [0.5, 0.6) is 0 Å². The largest absolute Gasteiger partial charge is 0.379 e. The minimum Gasteiger partial charge on any atom is -0.379 e. The van der Waals surface area contributed by atoms with Crippen molar-refractivity contribution in [3.8, 4) is 0 Å². The van der Waals surface area contributed by atoms with Crippen LogP contribution in [-0.4, -0.2) is 56.0 Å². The van der Waals surface area contributed by atoms with Gasteiger partial charge in [0.15, 0.2) is 5.96 Å². The quantitative estimate of drug-likeness (QED) is 0.272. The molecule has 1 aromatic carbocycles. The third-order valence-corrected chi connectivity index (χ3v) is 5.12. The van der Waals surface area contributed by atoms with Gasteiger partial charge < -0.3 is 25.1 Å². The summed E-state index contributed by atoms with van der Waals surface area (Å²) in [6.07, 6.45) is 5.30. The van der Waals surface area contributed by atoms with E-state index in [0.29, 0.717) is 13.2 Å². The van der Waals surface area contributed by atoms with Gasteiger partial charge in [-0.25, -0.2) is 0 Å². The van der Waals surface area contributed by atoms with Crippen molar-refractivity contribution in [2.24, 2.45) is 4.99 Å². The fourth-order valence-corrected chi connectivity index (χ4v) is 3.58. The van der Waals surface area contributed by atoms with Crippen molar-refractivity contribution in [3.63, 3.8) is 0 Å². The average Bonchev–Trinajstić information content (AvgIpc) is 3.36. The van der Waals surface area contributed by atoms with Crippen molar-refractivity contribution in [3.05, 3.63) is 35.5 Å². The van der Waals surface area contributed by atoms with E-state index in [-0.39, 0.29) is 36.1 Å². The second-order valence-corrected chi connectivity index (χ2v) is 7.38. The third kappa shape index (κ3) is 6.86. The minimum atomic E-state index is 0. The lowest BCUT2D eigenvalue weighted by Gasteiger charge is -2.19. The van der Waals surface area contributed by atoms with E-state index in [1.807, 2.05) is 0 Å². The van der Waals surface area contributed by atoms with Gasteiger partial charge in [0.1, 0.15) is 0 Å². The molecule has 0 saturated carbocycles. The van der Waals surface area contributed by atoms with E-state index in [1.54, 1.807) is 0 Å². The lowest BCUT2D eigenvalue weighted by molar-refractivity contribution is 0.0347. The zero-order valence-electron chi connectivity index (χ0n) is 17.8. The standard InChI is InChI=1S/C22H34N4O2.HI/c1-4-17-7-6-8-20-18(13-25-21(17)20)9-11-24-22(23-5-2)26-16(3)14-28-19-10-12-27-15-19;/h6-8,13,16,19,25H,4-5,9-12,14-15H2,1-3H3,(H2,23,24,26);1H. The second-order valence-electron chi connectivity index (χ2n) is 7.38. The first kappa shape index (κ1) is 24.0. The molecule has 2 heterocycles. The lowest BCUT2D eigenvalue weighted by Crippen LogP contribution is -2.44. The number of hydrogen-bond donors (Lipinski definition) is 3. The molecule has 29 heavy (non-hydrogen) atoms. The predicted octanol–water partition coefficient (Wildman–Crippen LogP) is 3.64. The van der Waals surface area contributed by atoms with Crippen LogP contribution in [0.3, 0.4) is 0 Å². The molecule has 1 aromatic heterocycles. The van der Waals surface area contributed by atoms with Crippen LogP contribution >= 0.6 is 24.0 Å². The van der Waals surface area contributed by atoms with Gasteiger partial charge in [0.25, 0.3) is 0 Å². The summed E-state index contributed by atoms with van der Waals surface area (Å²) in [6.45, 7) is 10.1. The summed E-state index contributed by atoms with van der Waals surface area (Å²) in [5, 5.41) is 8.08. The molecule has 1 aliphatic rings. The number of nitrogens with zero attached hydrogens (tertiary/aromatic N) is 1. The molecular formula is C22H35IN4O2. The van der Waals surface area contributed by atoms with Gasteiger partial charge in [-0.2, -0.15) is 0 Å². The predicted molar refractivity (Wildman–Crippen MR) is 131 cm³/mol. The Hall–Kier alpha value is -1.32. The number of rotatable bonds is 9. The molecule has 162 valence electrons. The fourth-order valence-electron chi connectivity index (χ4n) is 3.58. The van der Waals surface area contributed by atoms with E-state index in [0.717, 1.165) is 44.9 Å². The monoisotopic (exact) mass is 514 g/mol. The molecule has 2 atom stereocenters. The fraction of sp³-hybridized carbons (Fsp3) is 0.591. The van der Waals surface area contributed by atoms with Crippen molar-refractivity contribution in [2.75, 3.05) is 32.9 Å². The van der Waals surface area contributed by atoms with Crippen molar-refractivity contribution >= 4 is 40.8 Å². The molecule has 0 amide bonds. The van der Waals surface area contributed by atoms with Crippen LogP contribution < -0.4 is 10.6 Å². The number of H-pyrrole nitrogens is 1. The summed E-state index contributed by atoms with van der Waals surface area (Å²) in [7, 11) is 0. The number of halogens is 1. The number of hydrogen-bond acceptors (Lipinski definition) is 3. The molecule has 0 spiro atoms. The Labute approximate surface area is 191 Å². The van der Waals surface area contributed by atoms with Crippen LogP contribution in [0.1, 0.15) is 38.3 Å². The van der Waals surface area contributed by atoms with Crippen LogP contribution in [0.15, 0.2) is 29.4 Å². The Kier molecular flexibility index (Phi) is 10.2. The Balaban J connectivity index is 0.00000300. The summed E-state index contributed by atoms with van der Waals surface area (Å²) in [6, 6.07) is 6.72. The number of guanidine groups is 1. The van der Waals surface area contributed by atoms with Crippen LogP contribution in [0.2, 0.25) is 0 Å². The molecule has 0 radical (unpaired) electrons. The highest BCUT2D eigenvalue weighted by Gasteiger charge is 2.17. The molecule has 6 nitrogen and oxygen atoms in total. The first-order valence-electron chi connectivity index (χ1n) is 10.5. The molecule has 0 bridgehead atoms. The van der Waals surface area contributed by atoms with Crippen molar-refractivity contribution in [1.82, 2.24) is 15.6 Å². The number of aliphatic imine (C=N–C) groups is 1. The molecule has 3 N–H and O–H groups in total. The van der Waals surface area contributed by atoms with Gasteiger partial charge in [0.05, 0.1) is 19.3 Å². The summed E-state index contributed by atoms with van der Waals surface area (Å²) in [4.78, 5) is 8.20. The Morgan fingerprint density at radius 2 is 2.21 bits per heavy atom. The molecule has 2 aromatic rings. The van der Waals surface area contributed by atoms with E-state index in [2.05, 4.69) is 60.8 Å². The van der Waals surface area contributed by atoms with Crippen molar-refractivity contribution in [1.29, 1.82) is 0 Å². The van der Waals surface area contributed by atoms with Crippen molar-refractivity contribution < 1.29 is 9.47 Å². The number of aromatic nitrogens is 1. The summed E-state index contributed by atoms with van der Waals surface area (Å²) in [5.41, 5.74) is 3.95. The average molecular weight is 514 g/mol. The van der Waals surface area contributed by atoms with Gasteiger partial charge >= 0.3 is 0 Å². The van der Waals surface area contributed by atoms with Gasteiger partial charge in [-0.15, -0.1) is 24.0 Å². The van der Waals surface area contributed by atoms with E-state index in [1.165, 1.54) is 22.0 Å². The topological polar surface area (TPSA) is 70.7 Å². The van der Waals surface area contributed by atoms with E-state index in [4.69, 9.17) is 14.5 Å². The first-order valence-corrected chi connectivity index (χ1v) is 10.5. The maximum atomic E-state index is 5.90. The first-order chi connectivity index (χ1) is 13.7. The van der Waals surface area contributed by atoms with Gasteiger partial charge in [-0.05, 0) is 44.2 Å². The highest BCUT2D eigenvalue weighted by molar-refractivity contribution is 14.0. The van der Waals surface area contributed by atoms with Crippen LogP contribution in [-0.2, 0) is 22.3 Å². The molecule has 1 aliphatic heterocycles. The number of nitrogens with one attached hydrogen (secondary N) is 3. The maximum Gasteiger partial charge on any atom is 0.191 e. The molecule has 7 heteroatoms. The van der Waals surface area contributed by atoms with E-state index in [9.17, 15) is 0 Å². The molecule has 0 aliphatic carbocycles. The number of benzene rings is 1. The smallest absolute Gasteiger partial charge is 0.191 e. The minimum absolute atomic E-state index is 0. The van der Waals surface area contributed by atoms with Crippen LogP contribution in [0.25, 0.3) is 10.9 Å². The summed E-state index contributed by atoms with van der Waals surface area (Å²) >= 11 is 0. The highest BCUT2D eigenvalue weighted by Crippen LogP contribution is 2.22. The van der Waals surface area contributed by atoms with Gasteiger partial charge in [0, 0.05) is 42.8 Å². The lowest BCUT2D eigenvalue weighted by atomic mass is 10.1. The van der Waals surface area contributed by atoms with Gasteiger partial charge in [-0.1, -0.05) is 25.1 Å². The third-order valence-electron chi connectivity index (χ3n) is 5.12. The number of aryl methyl sites for hydroxylation is 1. The highest BCUT2D eigenvalue weighted by atomic mass is 127. The zero-order valence-corrected chi connectivity index (χ0v) is 20.1. The summed E-state index contributed by atoms with van der Waals surface area (Å²) in [5.74, 6) is 0.843. The van der Waals surface area contributed by atoms with Gasteiger partial charge in [0.2, 0.25) is 0 Å². The number of ether oxygens (including phenoxy) is 2. The second kappa shape index (κ2) is 12.4. The molecule has 2 unspecified atom stereocenters. The normalized spacial score (nSPS) is 17.9. The van der Waals surface area contributed by atoms with Crippen LogP contribution in [0.4, 0.5) is 0 Å². The Morgan fingerprint density at radius 3 is 2.93 bits per heavy atom. The Bertz CT molecular complexity index is 771. The number of para-hydroxylation sites is 1.